The van der Waals surface area contributed by atoms with Crippen molar-refractivity contribution in [2.24, 2.45) is 0 Å². The summed E-state index contributed by atoms with van der Waals surface area (Å²) in [6.45, 7) is 1.27. The molecule has 3 rings (SSSR count). The van der Waals surface area contributed by atoms with Gasteiger partial charge in [0.2, 0.25) is 0 Å². The van der Waals surface area contributed by atoms with Crippen molar-refractivity contribution in [1.29, 1.82) is 0 Å². The van der Waals surface area contributed by atoms with Gasteiger partial charge in [-0.1, -0.05) is 18.2 Å². The van der Waals surface area contributed by atoms with Crippen molar-refractivity contribution in [3.8, 4) is 5.75 Å². The number of hydrogen-bond donors (Lipinski definition) is 0. The summed E-state index contributed by atoms with van der Waals surface area (Å²) in [6.07, 6.45) is 0.781. The quantitative estimate of drug-likeness (QED) is 0.784. The lowest BCUT2D eigenvalue weighted by molar-refractivity contribution is -0.149. The maximum atomic E-state index is 12.8. The van der Waals surface area contributed by atoms with Crippen LogP contribution in [0.5, 0.6) is 5.75 Å². The fourth-order valence-electron chi connectivity index (χ4n) is 2.87. The summed E-state index contributed by atoms with van der Waals surface area (Å²) < 4.78 is 23.0. The van der Waals surface area contributed by atoms with E-state index in [9.17, 15) is 14.0 Å². The Bertz CT molecular complexity index is 775. The number of hydrogen-bond acceptors (Lipinski definition) is 4. The van der Waals surface area contributed by atoms with E-state index in [4.69, 9.17) is 9.47 Å². The summed E-state index contributed by atoms with van der Waals surface area (Å²) in [5.74, 6) is -0.960. The number of benzene rings is 2. The number of rotatable bonds is 5. The zero-order valence-corrected chi connectivity index (χ0v) is 13.8. The number of anilines is 1. The van der Waals surface area contributed by atoms with Crippen molar-refractivity contribution in [2.45, 2.75) is 19.4 Å². The number of esters is 1. The number of nitrogens with zero attached hydrogens (tertiary/aromatic N) is 1. The Kier molecular flexibility index (Phi) is 4.97. The van der Waals surface area contributed by atoms with Crippen LogP contribution in [0.4, 0.5) is 10.1 Å². The van der Waals surface area contributed by atoms with Crippen LogP contribution in [-0.4, -0.2) is 31.1 Å². The highest BCUT2D eigenvalue weighted by molar-refractivity contribution is 5.97. The first kappa shape index (κ1) is 17.0. The third-order valence-corrected chi connectivity index (χ3v) is 4.00. The second kappa shape index (κ2) is 7.34. The highest BCUT2D eigenvalue weighted by Gasteiger charge is 2.30. The molecule has 0 unspecified atom stereocenters. The largest absolute Gasteiger partial charge is 0.482 e. The summed E-state index contributed by atoms with van der Waals surface area (Å²) in [6, 6.07) is 13.0. The Hall–Kier alpha value is -2.89. The molecule has 1 aliphatic heterocycles. The van der Waals surface area contributed by atoms with E-state index in [-0.39, 0.29) is 31.0 Å². The minimum atomic E-state index is -0.655. The monoisotopic (exact) mass is 343 g/mol. The van der Waals surface area contributed by atoms with E-state index < -0.39 is 5.97 Å². The summed E-state index contributed by atoms with van der Waals surface area (Å²) >= 11 is 0. The second-order valence-corrected chi connectivity index (χ2v) is 5.85. The molecule has 1 heterocycles. The normalized spacial score (nSPS) is 15.6. The fourth-order valence-corrected chi connectivity index (χ4v) is 2.87. The average Bonchev–Trinajstić information content (AvgIpc) is 2.95. The Morgan fingerprint density at radius 2 is 1.84 bits per heavy atom. The highest BCUT2D eigenvalue weighted by atomic mass is 19.1. The lowest BCUT2D eigenvalue weighted by atomic mass is 10.1. The predicted octanol–water partition coefficient (Wildman–Crippen LogP) is 2.73. The molecular formula is C19H18FNO4. The molecule has 6 heteroatoms. The van der Waals surface area contributed by atoms with Crippen molar-refractivity contribution < 1.29 is 23.5 Å². The van der Waals surface area contributed by atoms with Crippen LogP contribution < -0.4 is 9.64 Å². The Morgan fingerprint density at radius 3 is 2.60 bits per heavy atom. The number of carbonyl (C=O) groups is 2. The molecule has 25 heavy (non-hydrogen) atoms. The Morgan fingerprint density at radius 1 is 1.12 bits per heavy atom. The molecule has 0 saturated carbocycles. The van der Waals surface area contributed by atoms with E-state index in [1.807, 2.05) is 31.2 Å². The molecule has 130 valence electrons. The summed E-state index contributed by atoms with van der Waals surface area (Å²) in [5.41, 5.74) is 1.97. The van der Waals surface area contributed by atoms with Gasteiger partial charge in [0.05, 0.1) is 0 Å². The van der Waals surface area contributed by atoms with Gasteiger partial charge in [0.1, 0.15) is 11.6 Å². The van der Waals surface area contributed by atoms with E-state index in [0.29, 0.717) is 5.75 Å². The van der Waals surface area contributed by atoms with Crippen LogP contribution in [0.15, 0.2) is 48.5 Å². The first-order chi connectivity index (χ1) is 12.0. The predicted molar refractivity (Wildman–Crippen MR) is 89.9 cm³/mol. The zero-order chi connectivity index (χ0) is 17.8. The average molecular weight is 343 g/mol. The summed E-state index contributed by atoms with van der Waals surface area (Å²) in [7, 11) is 0. The molecule has 0 aromatic heterocycles. The Balaban J connectivity index is 1.50. The lowest BCUT2D eigenvalue weighted by Gasteiger charge is -2.22. The number of carbonyl (C=O) groups excluding carboxylic acids is 2. The highest BCUT2D eigenvalue weighted by Crippen LogP contribution is 2.31. The van der Waals surface area contributed by atoms with Crippen LogP contribution in [0, 0.1) is 5.82 Å². The van der Waals surface area contributed by atoms with Gasteiger partial charge in [0, 0.05) is 11.7 Å². The van der Waals surface area contributed by atoms with Gasteiger partial charge in [-0.05, 0) is 49.2 Å². The van der Waals surface area contributed by atoms with E-state index in [2.05, 4.69) is 0 Å². The van der Waals surface area contributed by atoms with Gasteiger partial charge in [0.15, 0.2) is 13.2 Å². The van der Waals surface area contributed by atoms with Gasteiger partial charge in [-0.15, -0.1) is 0 Å². The Labute approximate surface area is 145 Å². The maximum Gasteiger partial charge on any atom is 0.344 e. The van der Waals surface area contributed by atoms with Crippen LogP contribution >= 0.6 is 0 Å². The van der Waals surface area contributed by atoms with Crippen molar-refractivity contribution in [1.82, 2.24) is 0 Å². The molecule has 0 spiro atoms. The van der Waals surface area contributed by atoms with Gasteiger partial charge in [-0.2, -0.15) is 0 Å². The van der Waals surface area contributed by atoms with E-state index in [0.717, 1.165) is 17.7 Å². The van der Waals surface area contributed by atoms with Crippen LogP contribution in [0.3, 0.4) is 0 Å². The smallest absolute Gasteiger partial charge is 0.344 e. The van der Waals surface area contributed by atoms with Crippen molar-refractivity contribution in [2.75, 3.05) is 18.1 Å². The standard InChI is InChI=1S/C19H18FNO4/c1-13-10-14-4-2-3-5-17(14)21(13)18(22)11-25-19(23)12-24-16-8-6-15(20)7-9-16/h2-9,13H,10-12H2,1H3/t13-/m1/s1. The number of halogens is 1. The zero-order valence-electron chi connectivity index (χ0n) is 13.8. The third-order valence-electron chi connectivity index (χ3n) is 4.00. The summed E-state index contributed by atoms with van der Waals surface area (Å²) in [5, 5.41) is 0. The minimum absolute atomic E-state index is 0.0269. The fraction of sp³-hybridized carbons (Fsp3) is 0.263. The molecule has 0 aliphatic carbocycles. The van der Waals surface area contributed by atoms with Gasteiger partial charge in [-0.3, -0.25) is 4.79 Å². The molecule has 0 saturated heterocycles. The molecule has 0 bridgehead atoms. The van der Waals surface area contributed by atoms with E-state index >= 15 is 0 Å². The van der Waals surface area contributed by atoms with E-state index in [1.54, 1.807) is 4.90 Å². The van der Waals surface area contributed by atoms with Crippen LogP contribution in [-0.2, 0) is 20.7 Å². The van der Waals surface area contributed by atoms with Crippen LogP contribution in [0.2, 0.25) is 0 Å². The SMILES string of the molecule is C[C@@H]1Cc2ccccc2N1C(=O)COC(=O)COc1ccc(F)cc1. The summed E-state index contributed by atoms with van der Waals surface area (Å²) in [4.78, 5) is 25.8. The number of fused-ring (bicyclic) bond motifs is 1. The topological polar surface area (TPSA) is 55.8 Å². The van der Waals surface area contributed by atoms with Crippen molar-refractivity contribution in [3.05, 3.63) is 59.9 Å². The number of amides is 1. The van der Waals surface area contributed by atoms with Crippen LogP contribution in [0.25, 0.3) is 0 Å². The van der Waals surface area contributed by atoms with Gasteiger partial charge < -0.3 is 14.4 Å². The maximum absolute atomic E-state index is 12.8. The third kappa shape index (κ3) is 3.96. The molecule has 5 nitrogen and oxygen atoms in total. The molecular weight excluding hydrogens is 325 g/mol. The lowest BCUT2D eigenvalue weighted by Crippen LogP contribution is -2.39. The molecule has 2 aromatic rings. The van der Waals surface area contributed by atoms with Gasteiger partial charge >= 0.3 is 5.97 Å². The molecule has 1 amide bonds. The number of ether oxygens (including phenoxy) is 2. The van der Waals surface area contributed by atoms with Crippen LogP contribution in [0.1, 0.15) is 12.5 Å². The van der Waals surface area contributed by atoms with Gasteiger partial charge in [0.25, 0.3) is 5.91 Å². The molecule has 2 aromatic carbocycles. The van der Waals surface area contributed by atoms with Crippen molar-refractivity contribution in [3.63, 3.8) is 0 Å². The first-order valence-corrected chi connectivity index (χ1v) is 7.98. The van der Waals surface area contributed by atoms with Gasteiger partial charge in [-0.25, -0.2) is 9.18 Å². The molecule has 1 atom stereocenters. The first-order valence-electron chi connectivity index (χ1n) is 7.98. The minimum Gasteiger partial charge on any atom is -0.482 e. The van der Waals surface area contributed by atoms with Crippen molar-refractivity contribution >= 4 is 17.6 Å². The molecule has 0 N–H and O–H groups in total. The second-order valence-electron chi connectivity index (χ2n) is 5.85. The van der Waals surface area contributed by atoms with E-state index in [1.165, 1.54) is 24.3 Å². The molecule has 1 aliphatic rings. The molecule has 0 radical (unpaired) electrons. The molecule has 0 fully saturated rings. The number of para-hydroxylation sites is 1.